The second-order valence-corrected chi connectivity index (χ2v) is 11.3. The van der Waals surface area contributed by atoms with Crippen LogP contribution in [0.5, 0.6) is 0 Å². The lowest BCUT2D eigenvalue weighted by Crippen LogP contribution is -2.52. The third-order valence-electron chi connectivity index (χ3n) is 8.21. The Hall–Kier alpha value is -2.57. The standard InChI is InChI=1S/C31H33Cl2N3O2.ClH/c1-21(37)34-31(23-8-4-3-5-9-23)15-18-36(19-16-31)17-14-24(22-12-13-27(32)28(33)20-22)29-25-10-6-7-11-26(25)30(38)35(29)2;/h3-13,20,24,29H,14-19H2,1-2H3,(H,34,37);1H. The molecule has 0 radical (unpaired) electrons. The fraction of sp³-hybridized carbons (Fsp3) is 0.355. The second kappa shape index (κ2) is 12.3. The van der Waals surface area contributed by atoms with Crippen molar-refractivity contribution in [1.82, 2.24) is 15.1 Å². The molecule has 0 saturated carbocycles. The van der Waals surface area contributed by atoms with Gasteiger partial charge >= 0.3 is 0 Å². The number of carbonyl (C=O) groups is 2. The Kier molecular flexibility index (Phi) is 9.28. The number of nitrogens with one attached hydrogen (secondary N) is 1. The first-order valence-corrected chi connectivity index (χ1v) is 13.9. The monoisotopic (exact) mass is 585 g/mol. The van der Waals surface area contributed by atoms with Crippen LogP contribution in [0.25, 0.3) is 0 Å². The lowest BCUT2D eigenvalue weighted by atomic mass is 9.80. The molecule has 3 aromatic rings. The van der Waals surface area contributed by atoms with E-state index in [2.05, 4.69) is 28.4 Å². The van der Waals surface area contributed by atoms with Crippen LogP contribution in [0.4, 0.5) is 0 Å². The summed E-state index contributed by atoms with van der Waals surface area (Å²) in [5.74, 6) is 0.102. The number of hydrogen-bond acceptors (Lipinski definition) is 3. The number of hydrogen-bond donors (Lipinski definition) is 1. The van der Waals surface area contributed by atoms with Gasteiger partial charge in [0.1, 0.15) is 0 Å². The van der Waals surface area contributed by atoms with Crippen molar-refractivity contribution >= 4 is 47.4 Å². The minimum Gasteiger partial charge on any atom is -0.347 e. The van der Waals surface area contributed by atoms with Crippen LogP contribution in [0, 0.1) is 0 Å². The number of carbonyl (C=O) groups excluding carboxylic acids is 2. The van der Waals surface area contributed by atoms with Crippen LogP contribution in [0.3, 0.4) is 0 Å². The van der Waals surface area contributed by atoms with Crippen LogP contribution in [0.1, 0.15) is 65.2 Å². The number of amides is 2. The third-order valence-corrected chi connectivity index (χ3v) is 8.95. The van der Waals surface area contributed by atoms with E-state index < -0.39 is 0 Å². The molecule has 8 heteroatoms. The SMILES string of the molecule is CC(=O)NC1(c2ccccc2)CCN(CCC(c2ccc(Cl)c(Cl)c2)C2c3ccccc3C(=O)N2C)CC1.Cl. The summed E-state index contributed by atoms with van der Waals surface area (Å²) in [4.78, 5) is 29.6. The molecule has 0 aromatic heterocycles. The number of halogens is 3. The zero-order chi connectivity index (χ0) is 26.9. The van der Waals surface area contributed by atoms with Crippen LogP contribution in [0.15, 0.2) is 72.8 Å². The van der Waals surface area contributed by atoms with E-state index in [9.17, 15) is 9.59 Å². The Balaban J connectivity index is 0.00000353. The zero-order valence-electron chi connectivity index (χ0n) is 22.2. The number of likely N-dealkylation sites (N-methyl/N-ethyl adjacent to an activating group) is 1. The predicted octanol–water partition coefficient (Wildman–Crippen LogP) is 6.84. The average Bonchev–Trinajstić information content (AvgIpc) is 3.17. The highest BCUT2D eigenvalue weighted by atomic mass is 35.5. The van der Waals surface area contributed by atoms with E-state index in [4.69, 9.17) is 23.2 Å². The number of likely N-dealkylation sites (tertiary alicyclic amines) is 1. The van der Waals surface area contributed by atoms with E-state index in [1.807, 2.05) is 66.5 Å². The molecule has 206 valence electrons. The van der Waals surface area contributed by atoms with Crippen molar-refractivity contribution in [3.05, 3.63) is 105 Å². The largest absolute Gasteiger partial charge is 0.347 e. The Morgan fingerprint density at radius 3 is 2.33 bits per heavy atom. The summed E-state index contributed by atoms with van der Waals surface area (Å²) in [5.41, 5.74) is 3.72. The van der Waals surface area contributed by atoms with Gasteiger partial charge in [0.05, 0.1) is 21.6 Å². The molecular formula is C31H34Cl3N3O2. The summed E-state index contributed by atoms with van der Waals surface area (Å²) < 4.78 is 0. The Bertz CT molecular complexity index is 1330. The van der Waals surface area contributed by atoms with Gasteiger partial charge in [-0.2, -0.15) is 0 Å². The first-order chi connectivity index (χ1) is 18.3. The molecule has 3 aromatic carbocycles. The van der Waals surface area contributed by atoms with Crippen molar-refractivity contribution in [3.63, 3.8) is 0 Å². The van der Waals surface area contributed by atoms with Gasteiger partial charge in [0.15, 0.2) is 0 Å². The zero-order valence-corrected chi connectivity index (χ0v) is 24.5. The average molecular weight is 587 g/mol. The van der Waals surface area contributed by atoms with Crippen LogP contribution in [0.2, 0.25) is 10.0 Å². The molecule has 2 aliphatic heterocycles. The smallest absolute Gasteiger partial charge is 0.254 e. The molecule has 2 atom stereocenters. The van der Waals surface area contributed by atoms with Gasteiger partial charge in [-0.05, 0) is 60.7 Å². The summed E-state index contributed by atoms with van der Waals surface area (Å²) in [5, 5.41) is 4.31. The van der Waals surface area contributed by atoms with E-state index in [-0.39, 0.29) is 41.7 Å². The summed E-state index contributed by atoms with van der Waals surface area (Å²) >= 11 is 12.7. The fourth-order valence-electron chi connectivity index (χ4n) is 6.27. The Morgan fingerprint density at radius 2 is 1.67 bits per heavy atom. The number of benzene rings is 3. The van der Waals surface area contributed by atoms with Gasteiger partial charge in [-0.1, -0.05) is 77.8 Å². The molecular weight excluding hydrogens is 553 g/mol. The minimum absolute atomic E-state index is 0. The van der Waals surface area contributed by atoms with E-state index >= 15 is 0 Å². The molecule has 5 nitrogen and oxygen atoms in total. The van der Waals surface area contributed by atoms with Crippen LogP contribution in [-0.2, 0) is 10.3 Å². The molecule has 1 saturated heterocycles. The van der Waals surface area contributed by atoms with Crippen LogP contribution in [-0.4, -0.2) is 48.3 Å². The molecule has 0 aliphatic carbocycles. The molecule has 1 fully saturated rings. The van der Waals surface area contributed by atoms with Gasteiger partial charge in [0.25, 0.3) is 5.91 Å². The van der Waals surface area contributed by atoms with Crippen molar-refractivity contribution in [2.24, 2.45) is 0 Å². The first-order valence-electron chi connectivity index (χ1n) is 13.2. The number of nitrogens with zero attached hydrogens (tertiary/aromatic N) is 2. The van der Waals surface area contributed by atoms with Crippen molar-refractivity contribution in [1.29, 1.82) is 0 Å². The lowest BCUT2D eigenvalue weighted by Gasteiger charge is -2.43. The molecule has 39 heavy (non-hydrogen) atoms. The topological polar surface area (TPSA) is 52.7 Å². The van der Waals surface area contributed by atoms with Gasteiger partial charge in [0, 0.05) is 38.5 Å². The maximum Gasteiger partial charge on any atom is 0.254 e. The molecule has 0 bridgehead atoms. The minimum atomic E-state index is -0.344. The van der Waals surface area contributed by atoms with E-state index in [1.165, 1.54) is 0 Å². The fourth-order valence-corrected chi connectivity index (χ4v) is 6.58. The van der Waals surface area contributed by atoms with Crippen molar-refractivity contribution in [2.75, 3.05) is 26.7 Å². The highest BCUT2D eigenvalue weighted by Crippen LogP contribution is 2.45. The van der Waals surface area contributed by atoms with E-state index in [0.717, 1.165) is 61.2 Å². The number of rotatable bonds is 7. The Labute approximate surface area is 246 Å². The highest BCUT2D eigenvalue weighted by Gasteiger charge is 2.41. The molecule has 2 aliphatic rings. The normalized spacial score (nSPS) is 19.2. The second-order valence-electron chi connectivity index (χ2n) is 10.5. The van der Waals surface area contributed by atoms with E-state index in [1.54, 1.807) is 6.92 Å². The third kappa shape index (κ3) is 5.97. The molecule has 0 spiro atoms. The van der Waals surface area contributed by atoms with Crippen molar-refractivity contribution < 1.29 is 9.59 Å². The summed E-state index contributed by atoms with van der Waals surface area (Å²) in [6, 6.07) is 23.9. The van der Waals surface area contributed by atoms with Gasteiger partial charge in [-0.25, -0.2) is 0 Å². The molecule has 2 heterocycles. The van der Waals surface area contributed by atoms with Gasteiger partial charge in [0.2, 0.25) is 5.91 Å². The Morgan fingerprint density at radius 1 is 1.00 bits per heavy atom. The summed E-state index contributed by atoms with van der Waals surface area (Å²) in [6.07, 6.45) is 2.55. The highest BCUT2D eigenvalue weighted by molar-refractivity contribution is 6.42. The summed E-state index contributed by atoms with van der Waals surface area (Å²) in [6.45, 7) is 4.21. The molecule has 5 rings (SSSR count). The van der Waals surface area contributed by atoms with Gasteiger partial charge in [-0.15, -0.1) is 12.4 Å². The first kappa shape index (κ1) is 29.4. The van der Waals surface area contributed by atoms with Crippen molar-refractivity contribution in [2.45, 2.75) is 43.7 Å². The molecule has 1 N–H and O–H groups in total. The van der Waals surface area contributed by atoms with Gasteiger partial charge < -0.3 is 15.1 Å². The maximum absolute atomic E-state index is 13.1. The van der Waals surface area contributed by atoms with Crippen LogP contribution >= 0.6 is 35.6 Å². The maximum atomic E-state index is 13.1. The summed E-state index contributed by atoms with van der Waals surface area (Å²) in [7, 11) is 1.89. The van der Waals surface area contributed by atoms with Gasteiger partial charge in [-0.3, -0.25) is 9.59 Å². The number of fused-ring (bicyclic) bond motifs is 1. The molecule has 2 amide bonds. The predicted molar refractivity (Wildman–Crippen MR) is 160 cm³/mol. The van der Waals surface area contributed by atoms with Crippen LogP contribution < -0.4 is 5.32 Å². The van der Waals surface area contributed by atoms with E-state index in [0.29, 0.717) is 10.0 Å². The number of piperidine rings is 1. The lowest BCUT2D eigenvalue weighted by molar-refractivity contribution is -0.121. The van der Waals surface area contributed by atoms with Crippen molar-refractivity contribution in [3.8, 4) is 0 Å². The quantitative estimate of drug-likeness (QED) is 0.330. The molecule has 2 unspecified atom stereocenters.